The fraction of sp³-hybridized carbons (Fsp3) is 0.467. The van der Waals surface area contributed by atoms with Gasteiger partial charge in [-0.3, -0.25) is 9.59 Å². The molecule has 4 aliphatic rings. The minimum atomic E-state index is -0.0602. The predicted octanol–water partition coefficient (Wildman–Crippen LogP) is 6.68. The number of furan rings is 1. The highest BCUT2D eigenvalue weighted by atomic mass is 35.5. The van der Waals surface area contributed by atoms with E-state index in [1.54, 1.807) is 0 Å². The van der Waals surface area contributed by atoms with Crippen LogP contribution in [0.2, 0.25) is 0 Å². The summed E-state index contributed by atoms with van der Waals surface area (Å²) in [6.45, 7) is 5.69. The van der Waals surface area contributed by atoms with Crippen molar-refractivity contribution in [3.8, 4) is 0 Å². The highest BCUT2D eigenvalue weighted by molar-refractivity contribution is 6.21. The van der Waals surface area contributed by atoms with E-state index in [9.17, 15) is 9.59 Å². The molecule has 1 aromatic heterocycles. The Kier molecular flexibility index (Phi) is 7.38. The molecule has 190 valence electrons. The third-order valence-electron chi connectivity index (χ3n) is 7.96. The molecular formula is C30H35ClN2O3. The quantitative estimate of drug-likeness (QED) is 0.282. The number of hydrogen-bond donors (Lipinski definition) is 1. The lowest BCUT2D eigenvalue weighted by molar-refractivity contribution is -0.127. The van der Waals surface area contributed by atoms with Crippen LogP contribution in [0.4, 0.5) is 0 Å². The topological polar surface area (TPSA) is 62.6 Å². The van der Waals surface area contributed by atoms with Gasteiger partial charge in [0.2, 0.25) is 5.91 Å². The Morgan fingerprint density at radius 3 is 2.75 bits per heavy atom. The maximum Gasteiger partial charge on any atom is 0.256 e. The fourth-order valence-electron chi connectivity index (χ4n) is 5.74. The summed E-state index contributed by atoms with van der Waals surface area (Å²) in [6.07, 6.45) is 14.4. The lowest BCUT2D eigenvalue weighted by Crippen LogP contribution is -2.35. The number of amides is 2. The Morgan fingerprint density at radius 2 is 1.97 bits per heavy atom. The van der Waals surface area contributed by atoms with E-state index in [0.29, 0.717) is 24.2 Å². The second kappa shape index (κ2) is 10.7. The van der Waals surface area contributed by atoms with Crippen LogP contribution >= 0.6 is 11.6 Å². The zero-order chi connectivity index (χ0) is 25.2. The van der Waals surface area contributed by atoms with Gasteiger partial charge in [-0.15, -0.1) is 11.6 Å². The van der Waals surface area contributed by atoms with Crippen molar-refractivity contribution in [1.29, 1.82) is 0 Å². The molecule has 6 heteroatoms. The molecule has 5 nitrogen and oxygen atoms in total. The van der Waals surface area contributed by atoms with Gasteiger partial charge in [-0.25, -0.2) is 0 Å². The number of carbonyl (C=O) groups is 2. The van der Waals surface area contributed by atoms with Crippen molar-refractivity contribution in [2.24, 2.45) is 0 Å². The lowest BCUT2D eigenvalue weighted by Gasteiger charge is -2.27. The molecular weight excluding hydrogens is 472 g/mol. The number of likely N-dealkylation sites (tertiary alicyclic amines) is 1. The number of rotatable bonds is 3. The molecule has 0 spiro atoms. The van der Waals surface area contributed by atoms with Crippen LogP contribution in [0.15, 0.2) is 62.8 Å². The van der Waals surface area contributed by atoms with Gasteiger partial charge in [-0.2, -0.15) is 0 Å². The van der Waals surface area contributed by atoms with Crippen molar-refractivity contribution in [2.75, 3.05) is 13.1 Å². The van der Waals surface area contributed by atoms with Crippen LogP contribution in [0.1, 0.15) is 83.2 Å². The molecule has 1 atom stereocenters. The zero-order valence-corrected chi connectivity index (χ0v) is 22.0. The van der Waals surface area contributed by atoms with Crippen LogP contribution in [0.25, 0.3) is 11.1 Å². The second-order valence-electron chi connectivity index (χ2n) is 10.2. The van der Waals surface area contributed by atoms with Gasteiger partial charge in [-0.1, -0.05) is 23.8 Å². The van der Waals surface area contributed by atoms with Crippen molar-refractivity contribution in [3.05, 3.63) is 69.9 Å². The number of nitrogens with one attached hydrogen (secondary N) is 1. The molecule has 0 saturated carbocycles. The number of carbonyl (C=O) groups excluding carboxylic acids is 2. The smallest absolute Gasteiger partial charge is 0.256 e. The Bertz CT molecular complexity index is 1230. The van der Waals surface area contributed by atoms with Gasteiger partial charge in [0.1, 0.15) is 11.5 Å². The molecule has 36 heavy (non-hydrogen) atoms. The minimum Gasteiger partial charge on any atom is -0.457 e. The molecule has 1 saturated heterocycles. The third kappa shape index (κ3) is 5.04. The maximum atomic E-state index is 13.2. The largest absolute Gasteiger partial charge is 0.457 e. The van der Waals surface area contributed by atoms with E-state index in [0.717, 1.165) is 91.8 Å². The maximum absolute atomic E-state index is 13.2. The molecule has 0 aromatic carbocycles. The second-order valence-corrected chi connectivity index (χ2v) is 10.9. The van der Waals surface area contributed by atoms with Crippen LogP contribution in [0.3, 0.4) is 0 Å². The first-order valence-electron chi connectivity index (χ1n) is 13.3. The molecule has 1 aromatic rings. The first kappa shape index (κ1) is 24.9. The van der Waals surface area contributed by atoms with E-state index < -0.39 is 0 Å². The first-order valence-corrected chi connectivity index (χ1v) is 13.7. The van der Waals surface area contributed by atoms with E-state index in [1.165, 1.54) is 5.57 Å². The Hall–Kier alpha value is -2.79. The van der Waals surface area contributed by atoms with Crippen molar-refractivity contribution >= 4 is 34.6 Å². The van der Waals surface area contributed by atoms with Crippen LogP contribution < -0.4 is 5.32 Å². The molecule has 3 heterocycles. The number of halogens is 1. The van der Waals surface area contributed by atoms with E-state index >= 15 is 0 Å². The highest BCUT2D eigenvalue weighted by Gasteiger charge is 2.34. The van der Waals surface area contributed by atoms with Crippen LogP contribution in [-0.4, -0.2) is 35.2 Å². The van der Waals surface area contributed by atoms with Gasteiger partial charge < -0.3 is 14.6 Å². The number of nitrogens with zero attached hydrogens (tertiary/aromatic N) is 1. The van der Waals surface area contributed by atoms with E-state index in [4.69, 9.17) is 16.0 Å². The van der Waals surface area contributed by atoms with E-state index in [-0.39, 0.29) is 17.2 Å². The number of alkyl halides is 1. The molecule has 1 fully saturated rings. The van der Waals surface area contributed by atoms with E-state index in [1.807, 2.05) is 36.1 Å². The molecule has 1 N–H and O–H groups in total. The summed E-state index contributed by atoms with van der Waals surface area (Å²) in [6, 6.07) is 3.91. The van der Waals surface area contributed by atoms with Gasteiger partial charge in [0, 0.05) is 35.3 Å². The summed E-state index contributed by atoms with van der Waals surface area (Å²) in [4.78, 5) is 27.9. The zero-order valence-electron chi connectivity index (χ0n) is 21.3. The lowest BCUT2D eigenvalue weighted by atomic mass is 9.90. The first-order chi connectivity index (χ1) is 17.4. The highest BCUT2D eigenvalue weighted by Crippen LogP contribution is 2.40. The molecule has 5 rings (SSSR count). The van der Waals surface area contributed by atoms with E-state index in [2.05, 4.69) is 18.3 Å². The van der Waals surface area contributed by atoms with Crippen LogP contribution in [0.5, 0.6) is 0 Å². The van der Waals surface area contributed by atoms with Crippen molar-refractivity contribution < 1.29 is 14.0 Å². The number of hydrogen-bond acceptors (Lipinski definition) is 3. The van der Waals surface area contributed by atoms with Crippen molar-refractivity contribution in [3.63, 3.8) is 0 Å². The standard InChI is InChI=1S/C30H35ClN2O3/c1-3-20-6-4-5-16-33(17-15-20)30(35)22-9-7-21(8-10-22)27-14-13-26(36-27)19(2)28-24-18-23(31)11-12-25(24)32-29(28)34/h3,7,9,13-14,23H,4-6,8,10-12,15-18H2,1-2H3,(H,32,34). The summed E-state index contributed by atoms with van der Waals surface area (Å²) in [7, 11) is 0. The monoisotopic (exact) mass is 506 g/mol. The molecule has 0 bridgehead atoms. The Balaban J connectivity index is 1.32. The summed E-state index contributed by atoms with van der Waals surface area (Å²) in [5.41, 5.74) is 7.01. The van der Waals surface area contributed by atoms with Crippen LogP contribution in [0, 0.1) is 0 Å². The molecule has 2 aliphatic carbocycles. The molecule has 0 radical (unpaired) electrons. The van der Waals surface area contributed by atoms with Gasteiger partial charge >= 0.3 is 0 Å². The van der Waals surface area contributed by atoms with Gasteiger partial charge in [0.25, 0.3) is 5.91 Å². The van der Waals surface area contributed by atoms with Crippen molar-refractivity contribution in [1.82, 2.24) is 10.2 Å². The average molecular weight is 507 g/mol. The third-order valence-corrected chi connectivity index (χ3v) is 8.33. The minimum absolute atomic E-state index is 0.0602. The number of allylic oxidation sites excluding steroid dienone is 6. The van der Waals surface area contributed by atoms with Crippen molar-refractivity contribution in [2.45, 2.75) is 77.0 Å². The average Bonchev–Trinajstić information content (AvgIpc) is 3.48. The van der Waals surface area contributed by atoms with Gasteiger partial charge in [0.15, 0.2) is 0 Å². The summed E-state index contributed by atoms with van der Waals surface area (Å²) >= 11 is 6.40. The van der Waals surface area contributed by atoms with Crippen LogP contribution in [-0.2, 0) is 9.59 Å². The summed E-state index contributed by atoms with van der Waals surface area (Å²) < 4.78 is 6.23. The Morgan fingerprint density at radius 1 is 1.11 bits per heavy atom. The molecule has 1 unspecified atom stereocenters. The predicted molar refractivity (Wildman–Crippen MR) is 144 cm³/mol. The normalized spacial score (nSPS) is 25.6. The molecule has 2 aliphatic heterocycles. The Labute approximate surface area is 218 Å². The van der Waals surface area contributed by atoms with Gasteiger partial charge in [0.05, 0.1) is 5.57 Å². The van der Waals surface area contributed by atoms with Gasteiger partial charge in [-0.05, 0) is 94.9 Å². The SMILES string of the molecule is CC=C1CCCCN(C(=O)C2=CC=C(c3ccc(C(C)=C4C(=O)NC5=C4CC(Cl)CC5)o3)CC2)CC1. The summed E-state index contributed by atoms with van der Waals surface area (Å²) in [5.74, 6) is 1.61. The summed E-state index contributed by atoms with van der Waals surface area (Å²) in [5, 5.41) is 3.09. The molecule has 2 amide bonds. The fourth-order valence-corrected chi connectivity index (χ4v) is 6.01.